The first-order chi connectivity index (χ1) is 12.5. The van der Waals surface area contributed by atoms with Crippen LogP contribution in [0.15, 0.2) is 17.0 Å². The minimum atomic E-state index is -0.0835. The van der Waals surface area contributed by atoms with Gasteiger partial charge in [0.25, 0.3) is 5.91 Å². The van der Waals surface area contributed by atoms with Crippen LogP contribution in [0.3, 0.4) is 0 Å². The number of rotatable bonds is 4. The highest BCUT2D eigenvalue weighted by molar-refractivity contribution is 5.95. The van der Waals surface area contributed by atoms with Gasteiger partial charge in [-0.05, 0) is 25.8 Å². The molecule has 0 N–H and O–H groups in total. The molecule has 2 aromatic rings. The van der Waals surface area contributed by atoms with Gasteiger partial charge in [-0.15, -0.1) is 0 Å². The third-order valence-electron chi connectivity index (χ3n) is 5.14. The molecule has 8 nitrogen and oxygen atoms in total. The van der Waals surface area contributed by atoms with Crippen LogP contribution in [0, 0.1) is 0 Å². The molecular formula is C18H24N6O2. The minimum absolute atomic E-state index is 0.0330. The first-order valence-corrected chi connectivity index (χ1v) is 9.17. The SMILES string of the molecule is CC(C)c1ncncc1C(=O)N1CCN(C)C(c2nc(C3CC3)no2)C1. The van der Waals surface area contributed by atoms with Crippen LogP contribution in [-0.4, -0.2) is 62.5 Å². The third kappa shape index (κ3) is 3.21. The van der Waals surface area contributed by atoms with Crippen LogP contribution in [0.2, 0.25) is 0 Å². The van der Waals surface area contributed by atoms with Crippen molar-refractivity contribution < 1.29 is 9.32 Å². The maximum Gasteiger partial charge on any atom is 0.257 e. The van der Waals surface area contributed by atoms with Crippen LogP contribution < -0.4 is 0 Å². The highest BCUT2D eigenvalue weighted by Crippen LogP contribution is 2.39. The molecule has 1 amide bonds. The molecule has 2 fully saturated rings. The topological polar surface area (TPSA) is 88.3 Å². The third-order valence-corrected chi connectivity index (χ3v) is 5.14. The van der Waals surface area contributed by atoms with Crippen LogP contribution in [0.25, 0.3) is 0 Å². The molecule has 0 spiro atoms. The summed E-state index contributed by atoms with van der Waals surface area (Å²) in [5, 5.41) is 4.12. The molecule has 0 radical (unpaired) electrons. The van der Waals surface area contributed by atoms with E-state index >= 15 is 0 Å². The van der Waals surface area contributed by atoms with Crippen LogP contribution in [-0.2, 0) is 0 Å². The van der Waals surface area contributed by atoms with E-state index < -0.39 is 0 Å². The molecule has 4 rings (SSSR count). The van der Waals surface area contributed by atoms with Gasteiger partial charge in [-0.1, -0.05) is 19.0 Å². The van der Waals surface area contributed by atoms with Crippen LogP contribution >= 0.6 is 0 Å². The number of carbonyl (C=O) groups is 1. The van der Waals surface area contributed by atoms with Crippen molar-refractivity contribution in [2.45, 2.75) is 44.6 Å². The Balaban J connectivity index is 1.55. The minimum Gasteiger partial charge on any atom is -0.338 e. The zero-order valence-corrected chi connectivity index (χ0v) is 15.4. The molecule has 1 atom stereocenters. The van der Waals surface area contributed by atoms with E-state index in [-0.39, 0.29) is 17.9 Å². The smallest absolute Gasteiger partial charge is 0.257 e. The number of hydrogen-bond donors (Lipinski definition) is 0. The lowest BCUT2D eigenvalue weighted by Crippen LogP contribution is -2.49. The van der Waals surface area contributed by atoms with Crippen molar-refractivity contribution in [3.8, 4) is 0 Å². The van der Waals surface area contributed by atoms with Crippen molar-refractivity contribution in [1.82, 2.24) is 29.9 Å². The van der Waals surface area contributed by atoms with Crippen molar-refractivity contribution in [2.75, 3.05) is 26.7 Å². The number of aromatic nitrogens is 4. The summed E-state index contributed by atoms with van der Waals surface area (Å²) in [6.07, 6.45) is 5.39. The van der Waals surface area contributed by atoms with Crippen LogP contribution in [0.5, 0.6) is 0 Å². The van der Waals surface area contributed by atoms with Gasteiger partial charge in [0.2, 0.25) is 5.89 Å². The van der Waals surface area contributed by atoms with E-state index in [2.05, 4.69) is 25.0 Å². The average molecular weight is 356 g/mol. The monoisotopic (exact) mass is 356 g/mol. The lowest BCUT2D eigenvalue weighted by Gasteiger charge is -2.37. The molecule has 1 aliphatic carbocycles. The number of nitrogens with zero attached hydrogens (tertiary/aromatic N) is 6. The van der Waals surface area contributed by atoms with Crippen molar-refractivity contribution >= 4 is 5.91 Å². The zero-order chi connectivity index (χ0) is 18.3. The summed E-state index contributed by atoms with van der Waals surface area (Å²) >= 11 is 0. The van der Waals surface area contributed by atoms with Gasteiger partial charge in [-0.3, -0.25) is 9.69 Å². The van der Waals surface area contributed by atoms with Crippen LogP contribution in [0.1, 0.15) is 72.3 Å². The van der Waals surface area contributed by atoms with E-state index in [9.17, 15) is 4.79 Å². The highest BCUT2D eigenvalue weighted by atomic mass is 16.5. The lowest BCUT2D eigenvalue weighted by molar-refractivity contribution is 0.0486. The predicted octanol–water partition coefficient (Wildman–Crippen LogP) is 1.99. The summed E-state index contributed by atoms with van der Waals surface area (Å²) in [5.74, 6) is 1.98. The summed E-state index contributed by atoms with van der Waals surface area (Å²) < 4.78 is 5.51. The number of likely N-dealkylation sites (N-methyl/N-ethyl adjacent to an activating group) is 1. The lowest BCUT2D eigenvalue weighted by atomic mass is 10.0. The fourth-order valence-corrected chi connectivity index (χ4v) is 3.35. The van der Waals surface area contributed by atoms with Crippen molar-refractivity contribution in [3.05, 3.63) is 35.5 Å². The summed E-state index contributed by atoms with van der Waals surface area (Å²) in [7, 11) is 2.03. The van der Waals surface area contributed by atoms with Crippen LogP contribution in [0.4, 0.5) is 0 Å². The fraction of sp³-hybridized carbons (Fsp3) is 0.611. The zero-order valence-electron chi connectivity index (χ0n) is 15.4. The number of carbonyl (C=O) groups excluding carboxylic acids is 1. The quantitative estimate of drug-likeness (QED) is 0.827. The largest absolute Gasteiger partial charge is 0.338 e. The summed E-state index contributed by atoms with van der Waals surface area (Å²) in [6, 6.07) is -0.0835. The van der Waals surface area contributed by atoms with E-state index in [0.29, 0.717) is 30.5 Å². The molecule has 2 aliphatic rings. The Morgan fingerprint density at radius 3 is 2.85 bits per heavy atom. The molecule has 0 bridgehead atoms. The molecule has 8 heteroatoms. The molecule has 26 heavy (non-hydrogen) atoms. The Labute approximate surface area is 152 Å². The second-order valence-corrected chi connectivity index (χ2v) is 7.49. The van der Waals surface area contributed by atoms with Gasteiger partial charge < -0.3 is 9.42 Å². The number of piperazine rings is 1. The van der Waals surface area contributed by atoms with Crippen molar-refractivity contribution in [2.24, 2.45) is 0 Å². The Kier molecular flexibility index (Phi) is 4.44. The van der Waals surface area contributed by atoms with E-state index in [0.717, 1.165) is 30.9 Å². The van der Waals surface area contributed by atoms with E-state index in [1.54, 1.807) is 6.20 Å². The fourth-order valence-electron chi connectivity index (χ4n) is 3.35. The molecule has 138 valence electrons. The van der Waals surface area contributed by atoms with Gasteiger partial charge in [-0.2, -0.15) is 4.98 Å². The van der Waals surface area contributed by atoms with Crippen molar-refractivity contribution in [3.63, 3.8) is 0 Å². The van der Waals surface area contributed by atoms with Gasteiger partial charge in [0.1, 0.15) is 12.4 Å². The summed E-state index contributed by atoms with van der Waals surface area (Å²) in [4.78, 5) is 30.0. The number of amides is 1. The normalized spacial score (nSPS) is 21.4. The maximum atomic E-state index is 13.1. The van der Waals surface area contributed by atoms with E-state index in [4.69, 9.17) is 4.52 Å². The van der Waals surface area contributed by atoms with Crippen molar-refractivity contribution in [1.29, 1.82) is 0 Å². The molecule has 1 unspecified atom stereocenters. The Hall–Kier alpha value is -2.35. The Morgan fingerprint density at radius 1 is 1.31 bits per heavy atom. The number of hydrogen-bond acceptors (Lipinski definition) is 7. The first kappa shape index (κ1) is 17.1. The molecule has 3 heterocycles. The second-order valence-electron chi connectivity index (χ2n) is 7.49. The van der Waals surface area contributed by atoms with E-state index in [1.165, 1.54) is 6.33 Å². The first-order valence-electron chi connectivity index (χ1n) is 9.17. The van der Waals surface area contributed by atoms with Gasteiger partial charge in [-0.25, -0.2) is 9.97 Å². The summed E-state index contributed by atoms with van der Waals surface area (Å²) in [5.41, 5.74) is 1.37. The molecule has 2 aromatic heterocycles. The average Bonchev–Trinajstić information content (AvgIpc) is 3.39. The second kappa shape index (κ2) is 6.75. The molecule has 1 aliphatic heterocycles. The predicted molar refractivity (Wildman–Crippen MR) is 93.7 cm³/mol. The molecule has 1 saturated heterocycles. The summed E-state index contributed by atoms with van der Waals surface area (Å²) in [6.45, 7) is 5.99. The van der Waals surface area contributed by atoms with Gasteiger partial charge in [0.05, 0.1) is 11.3 Å². The Bertz CT molecular complexity index is 800. The highest BCUT2D eigenvalue weighted by Gasteiger charge is 2.35. The molecule has 1 saturated carbocycles. The standard InChI is InChI=1S/C18H24N6O2/c1-11(2)15-13(8-19-10-20-15)18(25)24-7-6-23(3)14(9-24)17-21-16(22-26-17)12-4-5-12/h8,10-12,14H,4-7,9H2,1-3H3. The Morgan fingerprint density at radius 2 is 2.12 bits per heavy atom. The maximum absolute atomic E-state index is 13.1. The van der Waals surface area contributed by atoms with Gasteiger partial charge >= 0.3 is 0 Å². The van der Waals surface area contributed by atoms with E-state index in [1.807, 2.05) is 25.8 Å². The molecular weight excluding hydrogens is 332 g/mol. The van der Waals surface area contributed by atoms with Gasteiger partial charge in [0, 0.05) is 31.7 Å². The van der Waals surface area contributed by atoms with Gasteiger partial charge in [0.15, 0.2) is 5.82 Å². The molecule has 0 aromatic carbocycles.